The van der Waals surface area contributed by atoms with E-state index >= 15 is 0 Å². The SMILES string of the molecule is C=CC(CC(=C)CC)c1ccc(-c2ccccc2C#N)nc1CCCc1cccc(F)c1. The summed E-state index contributed by atoms with van der Waals surface area (Å²) < 4.78 is 13.5. The number of nitrogens with zero attached hydrogens (tertiary/aromatic N) is 2. The zero-order valence-corrected chi connectivity index (χ0v) is 18.7. The number of aromatic nitrogens is 1. The first-order chi connectivity index (χ1) is 15.5. The van der Waals surface area contributed by atoms with Crippen LogP contribution in [0.5, 0.6) is 0 Å². The Morgan fingerprint density at radius 3 is 2.66 bits per heavy atom. The fourth-order valence-corrected chi connectivity index (χ4v) is 3.93. The first kappa shape index (κ1) is 23.2. The highest BCUT2D eigenvalue weighted by Gasteiger charge is 2.17. The van der Waals surface area contributed by atoms with Crippen LogP contribution in [0.1, 0.15) is 54.5 Å². The molecule has 0 bridgehead atoms. The summed E-state index contributed by atoms with van der Waals surface area (Å²) in [6.07, 6.45) is 6.13. The second-order valence-electron chi connectivity index (χ2n) is 8.02. The van der Waals surface area contributed by atoms with Crippen molar-refractivity contribution in [2.75, 3.05) is 0 Å². The molecule has 0 aliphatic carbocycles. The molecule has 3 heteroatoms. The van der Waals surface area contributed by atoms with Crippen LogP contribution in [0.25, 0.3) is 11.3 Å². The van der Waals surface area contributed by atoms with E-state index < -0.39 is 0 Å². The van der Waals surface area contributed by atoms with Crippen LogP contribution in [-0.2, 0) is 12.8 Å². The lowest BCUT2D eigenvalue weighted by molar-refractivity contribution is 0.624. The maximum Gasteiger partial charge on any atom is 0.123 e. The molecule has 32 heavy (non-hydrogen) atoms. The molecule has 162 valence electrons. The molecule has 3 aromatic rings. The summed E-state index contributed by atoms with van der Waals surface area (Å²) in [5.41, 5.74) is 6.55. The quantitative estimate of drug-likeness (QED) is 0.315. The van der Waals surface area contributed by atoms with Gasteiger partial charge in [-0.2, -0.15) is 5.26 Å². The molecule has 0 spiro atoms. The second kappa shape index (κ2) is 11.2. The molecule has 1 unspecified atom stereocenters. The monoisotopic (exact) mass is 424 g/mol. The predicted molar refractivity (Wildman–Crippen MR) is 130 cm³/mol. The lowest BCUT2D eigenvalue weighted by Gasteiger charge is -2.19. The fraction of sp³-hybridized carbons (Fsp3) is 0.241. The van der Waals surface area contributed by atoms with Gasteiger partial charge < -0.3 is 0 Å². The van der Waals surface area contributed by atoms with Gasteiger partial charge in [-0.05, 0) is 67.5 Å². The Labute approximate surface area is 190 Å². The summed E-state index contributed by atoms with van der Waals surface area (Å²) in [5, 5.41) is 9.51. The van der Waals surface area contributed by atoms with Crippen LogP contribution >= 0.6 is 0 Å². The van der Waals surface area contributed by atoms with Gasteiger partial charge in [0.05, 0.1) is 17.3 Å². The molecule has 0 aliphatic rings. The zero-order chi connectivity index (χ0) is 22.9. The number of pyridine rings is 1. The maximum atomic E-state index is 13.5. The van der Waals surface area contributed by atoms with E-state index in [-0.39, 0.29) is 11.7 Å². The summed E-state index contributed by atoms with van der Waals surface area (Å²) >= 11 is 0. The number of hydrogen-bond acceptors (Lipinski definition) is 2. The standard InChI is InChI=1S/C29H29FN2/c1-4-21(3)18-23(5-2)27-16-17-29(26-14-7-6-12-24(26)20-31)32-28(27)15-9-11-22-10-8-13-25(30)19-22/h5-8,10,12-14,16-17,19,23H,2-4,9,11,15,18H2,1H3. The molecule has 2 nitrogen and oxygen atoms in total. The molecule has 0 saturated heterocycles. The second-order valence-corrected chi connectivity index (χ2v) is 8.02. The molecule has 0 radical (unpaired) electrons. The number of hydrogen-bond donors (Lipinski definition) is 0. The van der Waals surface area contributed by atoms with Gasteiger partial charge in [0, 0.05) is 17.2 Å². The van der Waals surface area contributed by atoms with Crippen LogP contribution in [0.2, 0.25) is 0 Å². The first-order valence-electron chi connectivity index (χ1n) is 11.1. The molecule has 0 saturated carbocycles. The predicted octanol–water partition coefficient (Wildman–Crippen LogP) is 7.56. The van der Waals surface area contributed by atoms with Gasteiger partial charge in [-0.15, -0.1) is 6.58 Å². The van der Waals surface area contributed by atoms with E-state index in [1.165, 1.54) is 11.6 Å². The smallest absolute Gasteiger partial charge is 0.123 e. The normalized spacial score (nSPS) is 11.5. The summed E-state index contributed by atoms with van der Waals surface area (Å²) in [7, 11) is 0. The van der Waals surface area contributed by atoms with Gasteiger partial charge in [0.1, 0.15) is 5.82 Å². The Hall–Kier alpha value is -3.51. The number of allylic oxidation sites excluding steroid dienone is 2. The molecule has 3 rings (SSSR count). The van der Waals surface area contributed by atoms with Crippen molar-refractivity contribution in [2.45, 2.75) is 44.9 Å². The van der Waals surface area contributed by atoms with Gasteiger partial charge in [-0.3, -0.25) is 4.98 Å². The summed E-state index contributed by atoms with van der Waals surface area (Å²) in [5.74, 6) is -0.0689. The van der Waals surface area contributed by atoms with Crippen molar-refractivity contribution in [2.24, 2.45) is 0 Å². The van der Waals surface area contributed by atoms with Crippen molar-refractivity contribution in [3.8, 4) is 17.3 Å². The average Bonchev–Trinajstić information content (AvgIpc) is 2.82. The Morgan fingerprint density at radius 2 is 1.94 bits per heavy atom. The highest BCUT2D eigenvalue weighted by Crippen LogP contribution is 2.31. The van der Waals surface area contributed by atoms with Crippen LogP contribution in [-0.4, -0.2) is 4.98 Å². The van der Waals surface area contributed by atoms with E-state index in [2.05, 4.69) is 32.2 Å². The van der Waals surface area contributed by atoms with Crippen LogP contribution in [0.3, 0.4) is 0 Å². The van der Waals surface area contributed by atoms with Gasteiger partial charge in [0.2, 0.25) is 0 Å². The largest absolute Gasteiger partial charge is 0.252 e. The fourth-order valence-electron chi connectivity index (χ4n) is 3.93. The third kappa shape index (κ3) is 5.80. The van der Waals surface area contributed by atoms with Crippen LogP contribution in [0.4, 0.5) is 4.39 Å². The molecular weight excluding hydrogens is 395 g/mol. The van der Waals surface area contributed by atoms with E-state index in [9.17, 15) is 9.65 Å². The van der Waals surface area contributed by atoms with Gasteiger partial charge in [-0.1, -0.05) is 61.5 Å². The van der Waals surface area contributed by atoms with Crippen molar-refractivity contribution >= 4 is 0 Å². The van der Waals surface area contributed by atoms with E-state index in [0.717, 1.165) is 60.2 Å². The summed E-state index contributed by atoms with van der Waals surface area (Å²) in [6.45, 7) is 10.3. The molecular formula is C29H29FN2. The Bertz CT molecular complexity index is 1140. The molecule has 1 atom stereocenters. The molecule has 0 fully saturated rings. The van der Waals surface area contributed by atoms with E-state index in [0.29, 0.717) is 5.56 Å². The van der Waals surface area contributed by atoms with Crippen LogP contribution in [0.15, 0.2) is 85.5 Å². The van der Waals surface area contributed by atoms with Gasteiger partial charge >= 0.3 is 0 Å². The van der Waals surface area contributed by atoms with Crippen molar-refractivity contribution in [1.82, 2.24) is 4.98 Å². The van der Waals surface area contributed by atoms with Crippen molar-refractivity contribution < 1.29 is 4.39 Å². The maximum absolute atomic E-state index is 13.5. The molecule has 1 heterocycles. The number of nitriles is 1. The molecule has 2 aromatic carbocycles. The molecule has 0 N–H and O–H groups in total. The Morgan fingerprint density at radius 1 is 1.12 bits per heavy atom. The number of benzene rings is 2. The van der Waals surface area contributed by atoms with Crippen molar-refractivity contribution in [3.63, 3.8) is 0 Å². The van der Waals surface area contributed by atoms with Gasteiger partial charge in [0.15, 0.2) is 0 Å². The highest BCUT2D eigenvalue weighted by molar-refractivity contribution is 5.67. The van der Waals surface area contributed by atoms with E-state index in [4.69, 9.17) is 4.98 Å². The highest BCUT2D eigenvalue weighted by atomic mass is 19.1. The van der Waals surface area contributed by atoms with Crippen LogP contribution in [0, 0.1) is 17.1 Å². The number of rotatable bonds is 10. The topological polar surface area (TPSA) is 36.7 Å². The molecule has 0 amide bonds. The van der Waals surface area contributed by atoms with E-state index in [1.54, 1.807) is 12.1 Å². The third-order valence-corrected chi connectivity index (χ3v) is 5.79. The minimum atomic E-state index is -0.207. The zero-order valence-electron chi connectivity index (χ0n) is 18.7. The lowest BCUT2D eigenvalue weighted by atomic mass is 9.88. The van der Waals surface area contributed by atoms with Gasteiger partial charge in [0.25, 0.3) is 0 Å². The summed E-state index contributed by atoms with van der Waals surface area (Å²) in [4.78, 5) is 5.00. The Balaban J connectivity index is 1.94. The summed E-state index contributed by atoms with van der Waals surface area (Å²) in [6, 6.07) is 20.7. The lowest BCUT2D eigenvalue weighted by Crippen LogP contribution is -2.06. The first-order valence-corrected chi connectivity index (χ1v) is 11.1. The minimum absolute atomic E-state index is 0.138. The average molecular weight is 425 g/mol. The van der Waals surface area contributed by atoms with Crippen LogP contribution < -0.4 is 0 Å². The minimum Gasteiger partial charge on any atom is -0.252 e. The Kier molecular flexibility index (Phi) is 8.11. The molecule has 1 aromatic heterocycles. The van der Waals surface area contributed by atoms with Gasteiger partial charge in [-0.25, -0.2) is 4.39 Å². The van der Waals surface area contributed by atoms with Crippen molar-refractivity contribution in [1.29, 1.82) is 5.26 Å². The third-order valence-electron chi connectivity index (χ3n) is 5.79. The number of aryl methyl sites for hydroxylation is 2. The van der Waals surface area contributed by atoms with E-state index in [1.807, 2.05) is 42.5 Å². The van der Waals surface area contributed by atoms with Crippen molar-refractivity contribution in [3.05, 3.63) is 114 Å². The number of halogens is 1. The molecule has 0 aliphatic heterocycles.